The first-order valence-electron chi connectivity index (χ1n) is 8.25. The summed E-state index contributed by atoms with van der Waals surface area (Å²) in [5, 5.41) is 9.93. The topological polar surface area (TPSA) is 64.7 Å². The molecule has 1 aromatic carbocycles. The fourth-order valence-electron chi connectivity index (χ4n) is 2.60. The number of nitrogens with zero attached hydrogens (tertiary/aromatic N) is 4. The van der Waals surface area contributed by atoms with Gasteiger partial charge in [-0.05, 0) is 42.5 Å². The van der Waals surface area contributed by atoms with Crippen LogP contribution in [0.25, 0.3) is 10.8 Å². The molecule has 4 rings (SSSR count). The molecule has 7 heteroatoms. The van der Waals surface area contributed by atoms with Crippen LogP contribution < -0.4 is 5.32 Å². The molecule has 1 amide bonds. The first-order valence-corrected chi connectivity index (χ1v) is 9.13. The summed E-state index contributed by atoms with van der Waals surface area (Å²) in [6.45, 7) is 0.542. The van der Waals surface area contributed by atoms with E-state index in [1.807, 2.05) is 71.0 Å². The van der Waals surface area contributed by atoms with Gasteiger partial charge in [-0.3, -0.25) is 4.79 Å². The Bertz CT molecular complexity index is 972. The first-order chi connectivity index (χ1) is 12.8. The number of rotatable bonds is 6. The lowest BCUT2D eigenvalue weighted by Gasteiger charge is -2.06. The minimum absolute atomic E-state index is 0.0772. The quantitative estimate of drug-likeness (QED) is 0.572. The minimum atomic E-state index is -0.0772. The Kier molecular flexibility index (Phi) is 4.61. The number of aromatic nitrogens is 4. The maximum absolute atomic E-state index is 12.3. The molecule has 3 heterocycles. The Hall–Kier alpha value is -3.19. The van der Waals surface area contributed by atoms with Crippen molar-refractivity contribution in [2.75, 3.05) is 6.54 Å². The number of nitrogens with one attached hydrogen (secondary N) is 1. The van der Waals surface area contributed by atoms with Crippen LogP contribution in [0.3, 0.4) is 0 Å². The predicted octanol–water partition coefficient (Wildman–Crippen LogP) is 3.09. The van der Waals surface area contributed by atoms with Gasteiger partial charge >= 0.3 is 0 Å². The molecule has 0 bridgehead atoms. The second-order valence-corrected chi connectivity index (χ2v) is 6.55. The zero-order valence-electron chi connectivity index (χ0n) is 13.9. The van der Waals surface area contributed by atoms with Gasteiger partial charge in [0.15, 0.2) is 0 Å². The van der Waals surface area contributed by atoms with Gasteiger partial charge in [0.1, 0.15) is 0 Å². The van der Waals surface area contributed by atoms with Crippen LogP contribution in [0, 0.1) is 0 Å². The van der Waals surface area contributed by atoms with Crippen molar-refractivity contribution < 1.29 is 4.79 Å². The van der Waals surface area contributed by atoms with E-state index in [2.05, 4.69) is 15.4 Å². The lowest BCUT2D eigenvalue weighted by Crippen LogP contribution is -2.25. The normalized spacial score (nSPS) is 10.8. The Morgan fingerprint density at radius 2 is 1.88 bits per heavy atom. The van der Waals surface area contributed by atoms with Gasteiger partial charge in [0.25, 0.3) is 5.91 Å². The standard InChI is InChI=1S/C19H17N5OS/c25-18(15-4-6-17(7-5-15)23-11-1-2-12-23)20-10-8-16-14-26-19(22-16)24-13-3-9-21-24/h1-7,9,11-14H,8,10H2,(H,20,25). The molecule has 4 aromatic rings. The lowest BCUT2D eigenvalue weighted by atomic mass is 10.2. The molecule has 0 spiro atoms. The zero-order valence-corrected chi connectivity index (χ0v) is 14.8. The highest BCUT2D eigenvalue weighted by atomic mass is 32.1. The largest absolute Gasteiger partial charge is 0.352 e. The smallest absolute Gasteiger partial charge is 0.251 e. The van der Waals surface area contributed by atoms with Crippen LogP contribution in [-0.4, -0.2) is 31.8 Å². The van der Waals surface area contributed by atoms with Crippen molar-refractivity contribution in [2.45, 2.75) is 6.42 Å². The van der Waals surface area contributed by atoms with Crippen molar-refractivity contribution in [3.05, 3.63) is 83.9 Å². The van der Waals surface area contributed by atoms with Crippen molar-refractivity contribution in [1.29, 1.82) is 0 Å². The van der Waals surface area contributed by atoms with Gasteiger partial charge < -0.3 is 9.88 Å². The molecular weight excluding hydrogens is 346 g/mol. The second-order valence-electron chi connectivity index (χ2n) is 5.72. The molecule has 0 saturated heterocycles. The van der Waals surface area contributed by atoms with Gasteiger partial charge in [0.2, 0.25) is 5.13 Å². The molecule has 0 fully saturated rings. The number of amides is 1. The molecule has 130 valence electrons. The number of carbonyl (C=O) groups excluding carboxylic acids is 1. The van der Waals surface area contributed by atoms with Crippen LogP contribution in [0.15, 0.2) is 72.6 Å². The summed E-state index contributed by atoms with van der Waals surface area (Å²) >= 11 is 1.54. The Balaban J connectivity index is 1.31. The van der Waals surface area contributed by atoms with Crippen molar-refractivity contribution in [3.8, 4) is 10.8 Å². The van der Waals surface area contributed by atoms with Gasteiger partial charge in [-0.2, -0.15) is 5.10 Å². The van der Waals surface area contributed by atoms with Crippen LogP contribution in [-0.2, 0) is 6.42 Å². The Morgan fingerprint density at radius 3 is 2.62 bits per heavy atom. The highest BCUT2D eigenvalue weighted by molar-refractivity contribution is 7.12. The maximum Gasteiger partial charge on any atom is 0.251 e. The van der Waals surface area contributed by atoms with E-state index < -0.39 is 0 Å². The maximum atomic E-state index is 12.3. The number of hydrogen-bond donors (Lipinski definition) is 1. The summed E-state index contributed by atoms with van der Waals surface area (Å²) in [6, 6.07) is 13.3. The van der Waals surface area contributed by atoms with Gasteiger partial charge in [-0.15, -0.1) is 11.3 Å². The summed E-state index contributed by atoms with van der Waals surface area (Å²) in [7, 11) is 0. The SMILES string of the molecule is O=C(NCCc1csc(-n2cccn2)n1)c1ccc(-n2cccc2)cc1. The Labute approximate surface area is 154 Å². The minimum Gasteiger partial charge on any atom is -0.352 e. The molecule has 0 saturated carbocycles. The number of benzene rings is 1. The summed E-state index contributed by atoms with van der Waals surface area (Å²) in [6.07, 6.45) is 8.22. The number of thiazole rings is 1. The molecular formula is C19H17N5OS. The number of carbonyl (C=O) groups is 1. The van der Waals surface area contributed by atoms with E-state index >= 15 is 0 Å². The number of hydrogen-bond acceptors (Lipinski definition) is 4. The molecule has 0 radical (unpaired) electrons. The molecule has 3 aromatic heterocycles. The van der Waals surface area contributed by atoms with E-state index in [9.17, 15) is 4.79 Å². The first kappa shape index (κ1) is 16.3. The van der Waals surface area contributed by atoms with Crippen LogP contribution in [0.2, 0.25) is 0 Å². The van der Waals surface area contributed by atoms with Gasteiger partial charge in [-0.1, -0.05) is 0 Å². The molecule has 0 unspecified atom stereocenters. The third-order valence-corrected chi connectivity index (χ3v) is 4.82. The van der Waals surface area contributed by atoms with Crippen LogP contribution in [0.5, 0.6) is 0 Å². The predicted molar refractivity (Wildman–Crippen MR) is 101 cm³/mol. The van der Waals surface area contributed by atoms with E-state index in [-0.39, 0.29) is 5.91 Å². The van der Waals surface area contributed by atoms with Crippen LogP contribution >= 0.6 is 11.3 Å². The fourth-order valence-corrected chi connectivity index (χ4v) is 3.39. The molecule has 0 atom stereocenters. The zero-order chi connectivity index (χ0) is 17.8. The summed E-state index contributed by atoms with van der Waals surface area (Å²) in [5.41, 5.74) is 2.63. The summed E-state index contributed by atoms with van der Waals surface area (Å²) in [5.74, 6) is -0.0772. The molecule has 26 heavy (non-hydrogen) atoms. The molecule has 0 aliphatic rings. The lowest BCUT2D eigenvalue weighted by molar-refractivity contribution is 0.0954. The van der Waals surface area contributed by atoms with Crippen LogP contribution in [0.4, 0.5) is 0 Å². The molecule has 6 nitrogen and oxygen atoms in total. The van der Waals surface area contributed by atoms with Crippen molar-refractivity contribution in [2.24, 2.45) is 0 Å². The van der Waals surface area contributed by atoms with E-state index in [1.165, 1.54) is 11.3 Å². The van der Waals surface area contributed by atoms with Crippen molar-refractivity contribution in [3.63, 3.8) is 0 Å². The van der Waals surface area contributed by atoms with E-state index in [1.54, 1.807) is 10.9 Å². The average molecular weight is 363 g/mol. The van der Waals surface area contributed by atoms with Crippen LogP contribution in [0.1, 0.15) is 16.1 Å². The van der Waals surface area contributed by atoms with Crippen molar-refractivity contribution in [1.82, 2.24) is 24.6 Å². The van der Waals surface area contributed by atoms with E-state index in [4.69, 9.17) is 0 Å². The highest BCUT2D eigenvalue weighted by Crippen LogP contribution is 2.14. The highest BCUT2D eigenvalue weighted by Gasteiger charge is 2.07. The van der Waals surface area contributed by atoms with E-state index in [0.717, 1.165) is 16.5 Å². The molecule has 0 aliphatic heterocycles. The molecule has 1 N–H and O–H groups in total. The summed E-state index contributed by atoms with van der Waals surface area (Å²) in [4.78, 5) is 16.8. The van der Waals surface area contributed by atoms with Gasteiger partial charge in [0, 0.05) is 54.4 Å². The van der Waals surface area contributed by atoms with Gasteiger partial charge in [-0.25, -0.2) is 9.67 Å². The third-order valence-electron chi connectivity index (χ3n) is 3.94. The molecule has 0 aliphatic carbocycles. The van der Waals surface area contributed by atoms with Gasteiger partial charge in [0.05, 0.1) is 5.69 Å². The van der Waals surface area contributed by atoms with E-state index in [0.29, 0.717) is 18.5 Å². The average Bonchev–Trinajstić information content (AvgIpc) is 3.43. The Morgan fingerprint density at radius 1 is 1.08 bits per heavy atom. The monoisotopic (exact) mass is 363 g/mol. The third kappa shape index (κ3) is 3.57. The fraction of sp³-hybridized carbons (Fsp3) is 0.105. The summed E-state index contributed by atoms with van der Waals surface area (Å²) < 4.78 is 3.74. The van der Waals surface area contributed by atoms with Crippen molar-refractivity contribution >= 4 is 17.2 Å². The second kappa shape index (κ2) is 7.37.